The Balaban J connectivity index is 2.63. The molecule has 0 unspecified atom stereocenters. The summed E-state index contributed by atoms with van der Waals surface area (Å²) in [5.41, 5.74) is 0.193. The van der Waals surface area contributed by atoms with Gasteiger partial charge in [0.1, 0.15) is 16.9 Å². The minimum Gasteiger partial charge on any atom is -0.497 e. The number of hydrogen-bond acceptors (Lipinski definition) is 4. The number of rotatable bonds is 8. The van der Waals surface area contributed by atoms with E-state index in [2.05, 4.69) is 42.5 Å². The van der Waals surface area contributed by atoms with Gasteiger partial charge < -0.3 is 20.1 Å². The Morgan fingerprint density at radius 2 is 1.21 bits per heavy atom. The predicted molar refractivity (Wildman–Crippen MR) is 119 cm³/mol. The van der Waals surface area contributed by atoms with Crippen molar-refractivity contribution in [1.82, 2.24) is 10.6 Å². The van der Waals surface area contributed by atoms with E-state index in [1.54, 1.807) is 14.2 Å². The number of hydrogen-bond donors (Lipinski definition) is 2. The molecule has 0 saturated heterocycles. The first-order valence-corrected chi connectivity index (χ1v) is 10.5. The van der Waals surface area contributed by atoms with Crippen LogP contribution in [0.2, 0.25) is 0 Å². The number of carbonyl (C=O) groups is 2. The molecule has 156 valence electrons. The average Bonchev–Trinajstić information content (AvgIpc) is 2.74. The van der Waals surface area contributed by atoms with E-state index in [1.165, 1.54) is 14.1 Å². The van der Waals surface area contributed by atoms with Gasteiger partial charge in [-0.05, 0) is 60.4 Å². The smallest absolute Gasteiger partial charge is 0.236 e. The summed E-state index contributed by atoms with van der Waals surface area (Å²) >= 11 is 7.06. The number of amides is 2. The number of halogens is 2. The summed E-state index contributed by atoms with van der Waals surface area (Å²) in [6.45, 7) is 0. The van der Waals surface area contributed by atoms with E-state index in [-0.39, 0.29) is 24.7 Å². The van der Waals surface area contributed by atoms with Gasteiger partial charge in [-0.3, -0.25) is 9.59 Å². The number of methoxy groups -OCH3 is 2. The van der Waals surface area contributed by atoms with Gasteiger partial charge in [-0.15, -0.1) is 0 Å². The highest BCUT2D eigenvalue weighted by Gasteiger charge is 2.46. The van der Waals surface area contributed by atoms with E-state index >= 15 is 0 Å². The normalized spacial score (nSPS) is 11.0. The van der Waals surface area contributed by atoms with E-state index in [0.717, 1.165) is 20.1 Å². The van der Waals surface area contributed by atoms with Gasteiger partial charge in [-0.2, -0.15) is 0 Å². The Kier molecular flexibility index (Phi) is 8.10. The van der Waals surface area contributed by atoms with Gasteiger partial charge >= 0.3 is 0 Å². The maximum Gasteiger partial charge on any atom is 0.236 e. The minimum atomic E-state index is -1.38. The van der Waals surface area contributed by atoms with E-state index < -0.39 is 5.41 Å². The minimum absolute atomic E-state index is 0.174. The van der Waals surface area contributed by atoms with Crippen LogP contribution in [0, 0.1) is 5.41 Å². The lowest BCUT2D eigenvalue weighted by atomic mass is 9.74. The summed E-state index contributed by atoms with van der Waals surface area (Å²) in [5, 5.41) is 5.33. The second-order valence-corrected chi connectivity index (χ2v) is 8.22. The molecular weight excluding hydrogens is 504 g/mol. The molecule has 0 radical (unpaired) electrons. The Morgan fingerprint density at radius 3 is 1.52 bits per heavy atom. The van der Waals surface area contributed by atoms with Gasteiger partial charge in [0.25, 0.3) is 0 Å². The van der Waals surface area contributed by atoms with Crippen LogP contribution in [-0.2, 0) is 22.4 Å². The molecule has 0 aliphatic rings. The zero-order chi connectivity index (χ0) is 21.6. The molecule has 8 heteroatoms. The SMILES string of the molecule is CNC(=O)C(Cc1cc(OC)ccc1Br)(Cc1cc(OC)ccc1Br)C(=O)NC. The molecule has 6 nitrogen and oxygen atoms in total. The number of carbonyl (C=O) groups excluding carboxylic acids is 2. The first-order chi connectivity index (χ1) is 13.8. The molecule has 2 rings (SSSR count). The molecule has 2 amide bonds. The van der Waals surface area contributed by atoms with Gasteiger partial charge in [0.2, 0.25) is 11.8 Å². The second kappa shape index (κ2) is 10.1. The molecule has 0 heterocycles. The van der Waals surface area contributed by atoms with Crippen molar-refractivity contribution in [2.24, 2.45) is 5.41 Å². The van der Waals surface area contributed by atoms with Gasteiger partial charge in [-0.1, -0.05) is 31.9 Å². The van der Waals surface area contributed by atoms with Gasteiger partial charge in [0.15, 0.2) is 0 Å². The topological polar surface area (TPSA) is 76.7 Å². The monoisotopic (exact) mass is 526 g/mol. The highest BCUT2D eigenvalue weighted by atomic mass is 79.9. The molecule has 0 atom stereocenters. The molecule has 0 bridgehead atoms. The van der Waals surface area contributed by atoms with Crippen molar-refractivity contribution >= 4 is 43.7 Å². The van der Waals surface area contributed by atoms with Crippen molar-refractivity contribution in [2.45, 2.75) is 12.8 Å². The van der Waals surface area contributed by atoms with E-state index in [0.29, 0.717) is 11.5 Å². The standard InChI is InChI=1S/C21H24Br2N2O4/c1-24-19(26)21(20(27)25-2,11-13-9-15(28-3)5-7-17(13)22)12-14-10-16(29-4)6-8-18(14)23/h5-10H,11-12H2,1-4H3,(H,24,26)(H,25,27). The van der Waals surface area contributed by atoms with Crippen LogP contribution in [0.3, 0.4) is 0 Å². The fourth-order valence-corrected chi connectivity index (χ4v) is 4.02. The van der Waals surface area contributed by atoms with Crippen LogP contribution in [0.15, 0.2) is 45.3 Å². The van der Waals surface area contributed by atoms with Crippen LogP contribution >= 0.6 is 31.9 Å². The van der Waals surface area contributed by atoms with Crippen LogP contribution in [0.25, 0.3) is 0 Å². The summed E-state index contributed by atoms with van der Waals surface area (Å²) in [5.74, 6) is 0.546. The van der Waals surface area contributed by atoms with Crippen molar-refractivity contribution in [3.8, 4) is 11.5 Å². The molecule has 2 N–H and O–H groups in total. The lowest BCUT2D eigenvalue weighted by Crippen LogP contribution is -2.52. The zero-order valence-electron chi connectivity index (χ0n) is 16.8. The van der Waals surface area contributed by atoms with Crippen molar-refractivity contribution in [2.75, 3.05) is 28.3 Å². The Morgan fingerprint density at radius 1 is 0.828 bits per heavy atom. The number of benzene rings is 2. The van der Waals surface area contributed by atoms with Crippen LogP contribution in [-0.4, -0.2) is 40.1 Å². The lowest BCUT2D eigenvalue weighted by molar-refractivity contribution is -0.143. The first-order valence-electron chi connectivity index (χ1n) is 8.90. The fraction of sp³-hybridized carbons (Fsp3) is 0.333. The first kappa shape index (κ1) is 23.2. The molecule has 0 aliphatic heterocycles. The lowest BCUT2D eigenvalue weighted by Gasteiger charge is -2.31. The predicted octanol–water partition coefficient (Wildman–Crippen LogP) is 3.49. The quantitative estimate of drug-likeness (QED) is 0.515. The van der Waals surface area contributed by atoms with Crippen molar-refractivity contribution in [1.29, 1.82) is 0 Å². The summed E-state index contributed by atoms with van der Waals surface area (Å²) in [4.78, 5) is 26.2. The van der Waals surface area contributed by atoms with Crippen LogP contribution in [0.5, 0.6) is 11.5 Å². The summed E-state index contributed by atoms with van der Waals surface area (Å²) in [7, 11) is 6.21. The molecule has 0 spiro atoms. The summed E-state index contributed by atoms with van der Waals surface area (Å²) in [6, 6.07) is 11.0. The Hall–Kier alpha value is -2.06. The Bertz CT molecular complexity index is 829. The average molecular weight is 528 g/mol. The van der Waals surface area contributed by atoms with Crippen LogP contribution in [0.1, 0.15) is 11.1 Å². The molecule has 2 aromatic rings. The zero-order valence-corrected chi connectivity index (χ0v) is 19.9. The third-order valence-electron chi connectivity index (χ3n) is 4.81. The highest BCUT2D eigenvalue weighted by Crippen LogP contribution is 2.36. The second-order valence-electron chi connectivity index (χ2n) is 6.51. The number of nitrogens with one attached hydrogen (secondary N) is 2. The van der Waals surface area contributed by atoms with E-state index in [9.17, 15) is 9.59 Å². The van der Waals surface area contributed by atoms with Crippen LogP contribution in [0.4, 0.5) is 0 Å². The van der Waals surface area contributed by atoms with E-state index in [4.69, 9.17) is 9.47 Å². The highest BCUT2D eigenvalue weighted by molar-refractivity contribution is 9.10. The summed E-state index contributed by atoms with van der Waals surface area (Å²) < 4.78 is 12.2. The van der Waals surface area contributed by atoms with Gasteiger partial charge in [-0.25, -0.2) is 0 Å². The third kappa shape index (κ3) is 5.11. The molecular formula is C21H24Br2N2O4. The Labute approximate surface area is 187 Å². The number of ether oxygens (including phenoxy) is 2. The fourth-order valence-electron chi connectivity index (χ4n) is 3.24. The molecule has 29 heavy (non-hydrogen) atoms. The van der Waals surface area contributed by atoms with Crippen molar-refractivity contribution in [3.63, 3.8) is 0 Å². The van der Waals surface area contributed by atoms with E-state index in [1.807, 2.05) is 36.4 Å². The molecule has 0 saturated carbocycles. The van der Waals surface area contributed by atoms with Crippen molar-refractivity contribution < 1.29 is 19.1 Å². The molecule has 0 aliphatic carbocycles. The van der Waals surface area contributed by atoms with Gasteiger partial charge in [0, 0.05) is 23.0 Å². The molecule has 0 fully saturated rings. The maximum absolute atomic E-state index is 13.1. The molecule has 2 aromatic carbocycles. The third-order valence-corrected chi connectivity index (χ3v) is 6.36. The van der Waals surface area contributed by atoms with Gasteiger partial charge in [0.05, 0.1) is 14.2 Å². The largest absolute Gasteiger partial charge is 0.497 e. The van der Waals surface area contributed by atoms with Crippen molar-refractivity contribution in [3.05, 3.63) is 56.5 Å². The van der Waals surface area contributed by atoms with Crippen LogP contribution < -0.4 is 20.1 Å². The molecule has 0 aromatic heterocycles. The maximum atomic E-state index is 13.1. The summed E-state index contributed by atoms with van der Waals surface area (Å²) in [6.07, 6.45) is 0.349.